The lowest BCUT2D eigenvalue weighted by atomic mass is 9.77. The Kier molecular flexibility index (Phi) is 2.43. The van der Waals surface area contributed by atoms with Crippen molar-refractivity contribution in [3.8, 4) is 0 Å². The number of ether oxygens (including phenoxy) is 1. The predicted molar refractivity (Wildman–Crippen MR) is 56.1 cm³/mol. The third-order valence-electron chi connectivity index (χ3n) is 3.16. The van der Waals surface area contributed by atoms with Gasteiger partial charge in [-0.05, 0) is 25.8 Å². The fourth-order valence-corrected chi connectivity index (χ4v) is 2.21. The van der Waals surface area contributed by atoms with Gasteiger partial charge in [-0.1, -0.05) is 17.7 Å². The largest absolute Gasteiger partial charge is 0.460 e. The maximum Gasteiger partial charge on any atom is 0.320 e. The fraction of sp³-hybridized carbons (Fsp3) is 0.583. The zero-order chi connectivity index (χ0) is 11.1. The predicted octanol–water partition coefficient (Wildman–Crippen LogP) is 1.58. The van der Waals surface area contributed by atoms with Crippen LogP contribution in [0.5, 0.6) is 0 Å². The van der Waals surface area contributed by atoms with E-state index < -0.39 is 5.41 Å². The Morgan fingerprint density at radius 3 is 3.00 bits per heavy atom. The number of carbonyl (C=O) groups excluding carboxylic acids is 1. The number of hydrogen-bond donors (Lipinski definition) is 1. The average Bonchev–Trinajstić information content (AvgIpc) is 2.48. The number of aliphatic hydroxyl groups is 1. The molecule has 0 spiro atoms. The number of carbonyl (C=O) groups is 1. The first-order chi connectivity index (χ1) is 7.08. The summed E-state index contributed by atoms with van der Waals surface area (Å²) in [6, 6.07) is 0. The van der Waals surface area contributed by atoms with Crippen LogP contribution in [0.2, 0.25) is 0 Å². The molecule has 0 amide bonds. The van der Waals surface area contributed by atoms with E-state index in [9.17, 15) is 4.79 Å². The van der Waals surface area contributed by atoms with Gasteiger partial charge in [-0.15, -0.1) is 0 Å². The standard InChI is InChI=1S/C12H16O3/c1-8(2)3-4-12-6-9(7-13)5-10(12)15-11(12)14/h3,6,10,13H,4-5,7H2,1-2H3/t10-,12+/m0/s1. The number of hydrogen-bond acceptors (Lipinski definition) is 3. The molecule has 0 unspecified atom stereocenters. The first-order valence-electron chi connectivity index (χ1n) is 5.24. The third-order valence-corrected chi connectivity index (χ3v) is 3.16. The van der Waals surface area contributed by atoms with Gasteiger partial charge in [0.25, 0.3) is 0 Å². The summed E-state index contributed by atoms with van der Waals surface area (Å²) in [7, 11) is 0. The molecule has 1 N–H and O–H groups in total. The first kappa shape index (κ1) is 10.4. The number of fused-ring (bicyclic) bond motifs is 1. The molecule has 1 saturated heterocycles. The van der Waals surface area contributed by atoms with Gasteiger partial charge in [0, 0.05) is 6.42 Å². The molecular formula is C12H16O3. The van der Waals surface area contributed by atoms with Crippen LogP contribution in [0.3, 0.4) is 0 Å². The van der Waals surface area contributed by atoms with Crippen molar-refractivity contribution in [3.63, 3.8) is 0 Å². The van der Waals surface area contributed by atoms with Crippen molar-refractivity contribution >= 4 is 5.97 Å². The Morgan fingerprint density at radius 2 is 2.47 bits per heavy atom. The molecule has 0 aromatic carbocycles. The van der Waals surface area contributed by atoms with Crippen molar-refractivity contribution < 1.29 is 14.6 Å². The highest BCUT2D eigenvalue weighted by Gasteiger charge is 2.58. The van der Waals surface area contributed by atoms with Gasteiger partial charge in [-0.25, -0.2) is 0 Å². The molecule has 1 fully saturated rings. The van der Waals surface area contributed by atoms with Gasteiger partial charge in [-0.2, -0.15) is 0 Å². The zero-order valence-corrected chi connectivity index (χ0v) is 9.12. The van der Waals surface area contributed by atoms with E-state index in [4.69, 9.17) is 9.84 Å². The number of allylic oxidation sites excluding steroid dienone is 2. The van der Waals surface area contributed by atoms with Crippen LogP contribution < -0.4 is 0 Å². The van der Waals surface area contributed by atoms with E-state index in [1.807, 2.05) is 19.9 Å². The van der Waals surface area contributed by atoms with E-state index in [0.717, 1.165) is 5.57 Å². The van der Waals surface area contributed by atoms with Gasteiger partial charge in [0.05, 0.1) is 6.61 Å². The summed E-state index contributed by atoms with van der Waals surface area (Å²) >= 11 is 0. The van der Waals surface area contributed by atoms with E-state index in [-0.39, 0.29) is 18.7 Å². The summed E-state index contributed by atoms with van der Waals surface area (Å²) in [4.78, 5) is 11.5. The minimum Gasteiger partial charge on any atom is -0.460 e. The van der Waals surface area contributed by atoms with Crippen LogP contribution in [-0.4, -0.2) is 23.8 Å². The number of esters is 1. The van der Waals surface area contributed by atoms with Crippen LogP contribution >= 0.6 is 0 Å². The van der Waals surface area contributed by atoms with Crippen LogP contribution in [0.15, 0.2) is 23.3 Å². The highest BCUT2D eigenvalue weighted by Crippen LogP contribution is 2.50. The van der Waals surface area contributed by atoms with Crippen molar-refractivity contribution in [1.82, 2.24) is 0 Å². The molecule has 15 heavy (non-hydrogen) atoms. The Bertz CT molecular complexity index is 350. The zero-order valence-electron chi connectivity index (χ0n) is 9.12. The molecule has 0 aromatic heterocycles. The third kappa shape index (κ3) is 1.51. The summed E-state index contributed by atoms with van der Waals surface area (Å²) in [5, 5.41) is 9.06. The topological polar surface area (TPSA) is 46.5 Å². The molecule has 0 saturated carbocycles. The smallest absolute Gasteiger partial charge is 0.320 e. The van der Waals surface area contributed by atoms with E-state index in [1.54, 1.807) is 0 Å². The molecule has 2 rings (SSSR count). The molecule has 0 aromatic rings. The van der Waals surface area contributed by atoms with Crippen molar-refractivity contribution in [3.05, 3.63) is 23.3 Å². The molecule has 1 heterocycles. The summed E-state index contributed by atoms with van der Waals surface area (Å²) in [6.45, 7) is 4.06. The highest BCUT2D eigenvalue weighted by molar-refractivity contribution is 5.87. The number of rotatable bonds is 3. The lowest BCUT2D eigenvalue weighted by Crippen LogP contribution is -2.52. The maximum absolute atomic E-state index is 11.5. The van der Waals surface area contributed by atoms with Crippen LogP contribution in [0, 0.1) is 5.41 Å². The lowest BCUT2D eigenvalue weighted by Gasteiger charge is -2.41. The first-order valence-corrected chi connectivity index (χ1v) is 5.24. The second-order valence-electron chi connectivity index (χ2n) is 4.58. The van der Waals surface area contributed by atoms with Crippen molar-refractivity contribution in [1.29, 1.82) is 0 Å². The maximum atomic E-state index is 11.5. The normalized spacial score (nSPS) is 32.6. The summed E-state index contributed by atoms with van der Waals surface area (Å²) in [6.07, 6.45) is 5.32. The second-order valence-corrected chi connectivity index (χ2v) is 4.58. The molecule has 82 valence electrons. The van der Waals surface area contributed by atoms with Gasteiger partial charge >= 0.3 is 5.97 Å². The Labute approximate surface area is 89.4 Å². The highest BCUT2D eigenvalue weighted by atomic mass is 16.6. The number of aliphatic hydroxyl groups excluding tert-OH is 1. The van der Waals surface area contributed by atoms with Crippen molar-refractivity contribution in [2.24, 2.45) is 5.41 Å². The molecule has 0 bridgehead atoms. The van der Waals surface area contributed by atoms with Gasteiger partial charge < -0.3 is 9.84 Å². The summed E-state index contributed by atoms with van der Waals surface area (Å²) < 4.78 is 5.10. The van der Waals surface area contributed by atoms with E-state index in [1.165, 1.54) is 5.57 Å². The molecule has 0 radical (unpaired) electrons. The second kappa shape index (κ2) is 3.49. The summed E-state index contributed by atoms with van der Waals surface area (Å²) in [5.41, 5.74) is 1.66. The van der Waals surface area contributed by atoms with Gasteiger partial charge in [-0.3, -0.25) is 4.79 Å². The van der Waals surface area contributed by atoms with Crippen molar-refractivity contribution in [2.75, 3.05) is 6.61 Å². The van der Waals surface area contributed by atoms with E-state index in [2.05, 4.69) is 6.08 Å². The molecule has 2 atom stereocenters. The Balaban J connectivity index is 2.20. The van der Waals surface area contributed by atoms with E-state index >= 15 is 0 Å². The molecule has 3 nitrogen and oxygen atoms in total. The molecule has 1 aliphatic heterocycles. The molecule has 1 aliphatic carbocycles. The average molecular weight is 208 g/mol. The van der Waals surface area contributed by atoms with Crippen LogP contribution in [0.1, 0.15) is 26.7 Å². The Hall–Kier alpha value is -1.09. The minimum absolute atomic E-state index is 0.0315. The van der Waals surface area contributed by atoms with Crippen LogP contribution in [0.4, 0.5) is 0 Å². The van der Waals surface area contributed by atoms with Crippen LogP contribution in [-0.2, 0) is 9.53 Å². The van der Waals surface area contributed by atoms with Gasteiger partial charge in [0.1, 0.15) is 11.5 Å². The Morgan fingerprint density at radius 1 is 1.73 bits per heavy atom. The SMILES string of the molecule is CC(C)=CC[C@@]12C=C(CO)C[C@@H]1OC2=O. The molecule has 2 aliphatic rings. The van der Waals surface area contributed by atoms with E-state index in [0.29, 0.717) is 12.8 Å². The monoisotopic (exact) mass is 208 g/mol. The van der Waals surface area contributed by atoms with Crippen molar-refractivity contribution in [2.45, 2.75) is 32.8 Å². The lowest BCUT2D eigenvalue weighted by molar-refractivity contribution is -0.194. The minimum atomic E-state index is -0.463. The molecule has 3 heteroatoms. The quantitative estimate of drug-likeness (QED) is 0.565. The fourth-order valence-electron chi connectivity index (χ4n) is 2.21. The van der Waals surface area contributed by atoms with Gasteiger partial charge in [0.2, 0.25) is 0 Å². The summed E-state index contributed by atoms with van der Waals surface area (Å²) in [5.74, 6) is -0.145. The molecular weight excluding hydrogens is 192 g/mol. The van der Waals surface area contributed by atoms with Gasteiger partial charge in [0.15, 0.2) is 0 Å². The van der Waals surface area contributed by atoms with Crippen LogP contribution in [0.25, 0.3) is 0 Å².